The smallest absolute Gasteiger partial charge is 0.204 e. The lowest BCUT2D eigenvalue weighted by Crippen LogP contribution is -2.37. The molecule has 1 N–H and O–H groups in total. The molecule has 1 saturated heterocycles. The highest BCUT2D eigenvalue weighted by Gasteiger charge is 2.20. The summed E-state index contributed by atoms with van der Waals surface area (Å²) in [5, 5.41) is 14.7. The number of ether oxygens (including phenoxy) is 1. The maximum absolute atomic E-state index is 9.77. The molecule has 1 fully saturated rings. The van der Waals surface area contributed by atoms with Gasteiger partial charge in [-0.1, -0.05) is 17.7 Å². The maximum atomic E-state index is 9.77. The quantitative estimate of drug-likeness (QED) is 0.649. The van der Waals surface area contributed by atoms with Gasteiger partial charge in [0.1, 0.15) is 5.75 Å². The average molecular weight is 411 g/mol. The molecular formula is C22H26N4O2S. The number of hydrogen-bond acceptors (Lipinski definition) is 5. The number of nitrogens with zero attached hydrogens (tertiary/aromatic N) is 4. The number of aromatic nitrogens is 3. The Morgan fingerprint density at radius 2 is 1.72 bits per heavy atom. The van der Waals surface area contributed by atoms with Crippen LogP contribution in [0.2, 0.25) is 0 Å². The van der Waals surface area contributed by atoms with Gasteiger partial charge in [0.15, 0.2) is 5.82 Å². The first kappa shape index (κ1) is 19.8. The van der Waals surface area contributed by atoms with E-state index in [-0.39, 0.29) is 6.10 Å². The molecule has 0 spiro atoms. The van der Waals surface area contributed by atoms with Gasteiger partial charge < -0.3 is 9.84 Å². The van der Waals surface area contributed by atoms with Gasteiger partial charge in [0.25, 0.3) is 0 Å². The molecule has 1 aliphatic heterocycles. The van der Waals surface area contributed by atoms with Crippen molar-refractivity contribution in [2.45, 2.75) is 32.5 Å². The predicted molar refractivity (Wildman–Crippen MR) is 116 cm³/mol. The lowest BCUT2D eigenvalue weighted by atomic mass is 10.1. The highest BCUT2D eigenvalue weighted by atomic mass is 32.1. The molecule has 29 heavy (non-hydrogen) atoms. The number of likely N-dealkylation sites (tertiary alicyclic amines) is 1. The van der Waals surface area contributed by atoms with E-state index in [1.165, 1.54) is 5.56 Å². The van der Waals surface area contributed by atoms with Crippen LogP contribution in [0.15, 0.2) is 48.5 Å². The fourth-order valence-corrected chi connectivity index (χ4v) is 3.89. The van der Waals surface area contributed by atoms with Gasteiger partial charge in [-0.15, -0.1) is 5.10 Å². The molecule has 7 heteroatoms. The summed E-state index contributed by atoms with van der Waals surface area (Å²) in [6.45, 7) is 4.38. The molecule has 6 nitrogen and oxygen atoms in total. The minimum Gasteiger partial charge on any atom is -0.497 e. The zero-order valence-corrected chi connectivity index (χ0v) is 17.6. The van der Waals surface area contributed by atoms with Crippen molar-refractivity contribution in [3.05, 3.63) is 58.9 Å². The van der Waals surface area contributed by atoms with Crippen molar-refractivity contribution in [3.8, 4) is 22.8 Å². The number of hydrogen-bond donors (Lipinski definition) is 1. The summed E-state index contributed by atoms with van der Waals surface area (Å²) in [6, 6.07) is 16.2. The number of aliphatic hydroxyl groups is 1. The molecule has 0 atom stereocenters. The first-order valence-corrected chi connectivity index (χ1v) is 10.3. The molecular weight excluding hydrogens is 384 g/mol. The molecule has 0 aliphatic carbocycles. The molecule has 0 amide bonds. The summed E-state index contributed by atoms with van der Waals surface area (Å²) < 4.78 is 9.85. The fourth-order valence-electron chi connectivity index (χ4n) is 3.60. The van der Waals surface area contributed by atoms with Crippen molar-refractivity contribution < 1.29 is 9.84 Å². The molecule has 1 aromatic heterocycles. The number of benzene rings is 2. The van der Waals surface area contributed by atoms with Crippen molar-refractivity contribution in [1.82, 2.24) is 19.2 Å². The number of aryl methyl sites for hydroxylation is 1. The van der Waals surface area contributed by atoms with E-state index in [0.717, 1.165) is 48.8 Å². The number of aliphatic hydroxyl groups excluding tert-OH is 1. The molecule has 1 aliphatic rings. The van der Waals surface area contributed by atoms with Crippen LogP contribution in [-0.2, 0) is 6.67 Å². The Hall–Kier alpha value is -2.48. The van der Waals surface area contributed by atoms with E-state index in [2.05, 4.69) is 36.1 Å². The largest absolute Gasteiger partial charge is 0.497 e. The molecule has 2 aromatic carbocycles. The molecule has 0 bridgehead atoms. The minimum absolute atomic E-state index is 0.195. The second-order valence-electron chi connectivity index (χ2n) is 7.50. The van der Waals surface area contributed by atoms with Crippen LogP contribution in [0.1, 0.15) is 18.4 Å². The van der Waals surface area contributed by atoms with Crippen LogP contribution >= 0.6 is 12.2 Å². The van der Waals surface area contributed by atoms with Gasteiger partial charge >= 0.3 is 0 Å². The molecule has 4 rings (SSSR count). The van der Waals surface area contributed by atoms with Crippen LogP contribution in [-0.4, -0.2) is 50.7 Å². The zero-order valence-electron chi connectivity index (χ0n) is 16.8. The molecule has 0 unspecified atom stereocenters. The van der Waals surface area contributed by atoms with Crippen LogP contribution < -0.4 is 4.74 Å². The second-order valence-corrected chi connectivity index (χ2v) is 7.86. The first-order valence-electron chi connectivity index (χ1n) is 9.87. The van der Waals surface area contributed by atoms with Crippen molar-refractivity contribution in [2.75, 3.05) is 20.2 Å². The molecule has 2 heterocycles. The number of methoxy groups -OCH3 is 1. The predicted octanol–water partition coefficient (Wildman–Crippen LogP) is 3.80. The van der Waals surface area contributed by atoms with Crippen molar-refractivity contribution in [3.63, 3.8) is 0 Å². The molecule has 0 radical (unpaired) electrons. The highest BCUT2D eigenvalue weighted by molar-refractivity contribution is 7.71. The number of piperidine rings is 1. The van der Waals surface area contributed by atoms with Gasteiger partial charge in [-0.2, -0.15) is 0 Å². The lowest BCUT2D eigenvalue weighted by molar-refractivity contribution is 0.0651. The van der Waals surface area contributed by atoms with E-state index in [0.29, 0.717) is 11.4 Å². The van der Waals surface area contributed by atoms with Gasteiger partial charge in [0.2, 0.25) is 4.77 Å². The van der Waals surface area contributed by atoms with Gasteiger partial charge in [-0.05, 0) is 68.4 Å². The Labute approximate surface area is 176 Å². The summed E-state index contributed by atoms with van der Waals surface area (Å²) in [5.41, 5.74) is 3.17. The van der Waals surface area contributed by atoms with Gasteiger partial charge in [-0.3, -0.25) is 9.47 Å². The summed E-state index contributed by atoms with van der Waals surface area (Å²) in [7, 11) is 1.66. The van der Waals surface area contributed by atoms with E-state index in [1.54, 1.807) is 7.11 Å². The van der Waals surface area contributed by atoms with Crippen LogP contribution in [0.3, 0.4) is 0 Å². The Bertz CT molecular complexity index is 1020. The second kappa shape index (κ2) is 8.49. The van der Waals surface area contributed by atoms with E-state index in [1.807, 2.05) is 33.5 Å². The zero-order chi connectivity index (χ0) is 20.4. The first-order chi connectivity index (χ1) is 14.0. The molecule has 152 valence electrons. The van der Waals surface area contributed by atoms with Crippen LogP contribution in [0.4, 0.5) is 0 Å². The van der Waals surface area contributed by atoms with E-state index >= 15 is 0 Å². The minimum atomic E-state index is -0.195. The van der Waals surface area contributed by atoms with Gasteiger partial charge in [-0.25, -0.2) is 4.68 Å². The summed E-state index contributed by atoms with van der Waals surface area (Å²) in [4.78, 5) is 2.28. The molecule has 3 aromatic rings. The fraction of sp³-hybridized carbons (Fsp3) is 0.364. The standard InChI is InChI=1S/C22H26N4O2S/c1-16-3-7-18(8-4-16)26-21(17-5-9-20(28-2)10-6-17)23-25(22(26)29)15-24-13-11-19(27)12-14-24/h3-10,19,27H,11-15H2,1-2H3. The third-order valence-corrected chi connectivity index (χ3v) is 5.76. The number of rotatable bonds is 5. The third kappa shape index (κ3) is 4.27. The lowest BCUT2D eigenvalue weighted by Gasteiger charge is -2.28. The van der Waals surface area contributed by atoms with E-state index in [9.17, 15) is 5.11 Å². The maximum Gasteiger partial charge on any atom is 0.204 e. The van der Waals surface area contributed by atoms with Crippen LogP contribution in [0, 0.1) is 11.7 Å². The van der Waals surface area contributed by atoms with Crippen molar-refractivity contribution in [2.24, 2.45) is 0 Å². The Balaban J connectivity index is 1.75. The summed E-state index contributed by atoms with van der Waals surface area (Å²) in [5.74, 6) is 1.61. The van der Waals surface area contributed by atoms with Crippen LogP contribution in [0.5, 0.6) is 5.75 Å². The van der Waals surface area contributed by atoms with Gasteiger partial charge in [0, 0.05) is 24.3 Å². The topological polar surface area (TPSA) is 55.4 Å². The average Bonchev–Trinajstić information content (AvgIpc) is 3.06. The van der Waals surface area contributed by atoms with E-state index in [4.69, 9.17) is 22.1 Å². The highest BCUT2D eigenvalue weighted by Crippen LogP contribution is 2.25. The normalized spacial score (nSPS) is 15.6. The third-order valence-electron chi connectivity index (χ3n) is 5.37. The van der Waals surface area contributed by atoms with Crippen molar-refractivity contribution >= 4 is 12.2 Å². The van der Waals surface area contributed by atoms with E-state index < -0.39 is 0 Å². The SMILES string of the molecule is COc1ccc(-c2nn(CN3CCC(O)CC3)c(=S)n2-c2ccc(C)cc2)cc1. The van der Waals surface area contributed by atoms with Crippen LogP contribution in [0.25, 0.3) is 17.1 Å². The summed E-state index contributed by atoms with van der Waals surface area (Å²) >= 11 is 5.83. The monoisotopic (exact) mass is 410 g/mol. The Morgan fingerprint density at radius 1 is 1.07 bits per heavy atom. The Morgan fingerprint density at radius 3 is 2.34 bits per heavy atom. The van der Waals surface area contributed by atoms with Gasteiger partial charge in [0.05, 0.1) is 19.9 Å². The van der Waals surface area contributed by atoms with Crippen molar-refractivity contribution in [1.29, 1.82) is 0 Å². The summed E-state index contributed by atoms with van der Waals surface area (Å²) in [6.07, 6.45) is 1.38. The molecule has 0 saturated carbocycles. The Kier molecular flexibility index (Phi) is 5.80.